The molecular weight excluding hydrogens is 396 g/mol. The van der Waals surface area contributed by atoms with Crippen LogP contribution in [-0.4, -0.2) is 34.3 Å². The number of pyridine rings is 1. The first kappa shape index (κ1) is 23.9. The van der Waals surface area contributed by atoms with Crippen molar-refractivity contribution in [3.05, 3.63) is 48.2 Å². The molecule has 0 aliphatic heterocycles. The zero-order valence-corrected chi connectivity index (χ0v) is 19.1. The van der Waals surface area contributed by atoms with Gasteiger partial charge in [-0.3, -0.25) is 15.6 Å². The van der Waals surface area contributed by atoms with Crippen LogP contribution < -0.4 is 10.6 Å². The minimum absolute atomic E-state index is 0.113. The Morgan fingerprint density at radius 2 is 1.48 bits per heavy atom. The lowest BCUT2D eigenvalue weighted by molar-refractivity contribution is 0.0545. The van der Waals surface area contributed by atoms with Crippen molar-refractivity contribution < 1.29 is 19.1 Å². The second-order valence-corrected chi connectivity index (χ2v) is 8.98. The van der Waals surface area contributed by atoms with Gasteiger partial charge in [-0.25, -0.2) is 14.6 Å². The number of hydrogen-bond donors (Lipinski definition) is 2. The number of hydrogen-bond acceptors (Lipinski definition) is 6. The van der Waals surface area contributed by atoms with Crippen LogP contribution in [0.15, 0.2) is 47.6 Å². The van der Waals surface area contributed by atoms with E-state index >= 15 is 0 Å². The summed E-state index contributed by atoms with van der Waals surface area (Å²) in [7, 11) is 0. The number of aromatic nitrogens is 1. The average molecular weight is 427 g/mol. The van der Waals surface area contributed by atoms with E-state index in [0.29, 0.717) is 5.69 Å². The Balaban J connectivity index is 2.32. The van der Waals surface area contributed by atoms with E-state index in [1.165, 1.54) is 0 Å². The number of benzene rings is 1. The number of amides is 2. The molecule has 0 aliphatic rings. The number of nitrogens with one attached hydrogen (secondary N) is 2. The fourth-order valence-corrected chi connectivity index (χ4v) is 2.45. The molecule has 31 heavy (non-hydrogen) atoms. The van der Waals surface area contributed by atoms with Gasteiger partial charge in [-0.2, -0.15) is 0 Å². The molecule has 0 aliphatic carbocycles. The second kappa shape index (κ2) is 9.59. The van der Waals surface area contributed by atoms with Gasteiger partial charge in [-0.1, -0.05) is 12.1 Å². The van der Waals surface area contributed by atoms with Crippen molar-refractivity contribution in [1.82, 2.24) is 15.6 Å². The highest BCUT2D eigenvalue weighted by Crippen LogP contribution is 2.23. The molecule has 8 nitrogen and oxygen atoms in total. The fraction of sp³-hybridized carbons (Fsp3) is 0.391. The van der Waals surface area contributed by atoms with E-state index in [4.69, 9.17) is 9.47 Å². The predicted octanol–water partition coefficient (Wildman–Crippen LogP) is 5.09. The third-order valence-electron chi connectivity index (χ3n) is 3.54. The first-order valence-electron chi connectivity index (χ1n) is 9.92. The summed E-state index contributed by atoms with van der Waals surface area (Å²) in [5.41, 5.74) is 1.80. The molecule has 0 bridgehead atoms. The molecule has 0 saturated carbocycles. The maximum Gasteiger partial charge on any atom is 0.414 e. The van der Waals surface area contributed by atoms with Crippen LogP contribution in [0.5, 0.6) is 0 Å². The Labute approximate surface area is 183 Å². The number of carbonyl (C=O) groups is 2. The standard InChI is InChI=1S/C23H30N4O4/c1-15-11-12-24-18(13-15)16-9-8-10-17(14-16)25-19(26-20(28)30-22(2,3)4)27-21(29)31-23(5,6)7/h8-14H,1-7H3,(H2,25,26,27,28,29). The van der Waals surface area contributed by atoms with Crippen LogP contribution in [0.4, 0.5) is 15.3 Å². The third-order valence-corrected chi connectivity index (χ3v) is 3.54. The van der Waals surface area contributed by atoms with Gasteiger partial charge in [0.15, 0.2) is 0 Å². The summed E-state index contributed by atoms with van der Waals surface area (Å²) >= 11 is 0. The average Bonchev–Trinajstić information content (AvgIpc) is 2.58. The molecule has 2 N–H and O–H groups in total. The molecule has 2 rings (SSSR count). The van der Waals surface area contributed by atoms with E-state index in [2.05, 4.69) is 20.6 Å². The lowest BCUT2D eigenvalue weighted by atomic mass is 10.1. The van der Waals surface area contributed by atoms with Crippen LogP contribution in [0, 0.1) is 6.92 Å². The molecule has 2 aromatic rings. The van der Waals surface area contributed by atoms with Crippen LogP contribution in [0.1, 0.15) is 47.1 Å². The van der Waals surface area contributed by atoms with Crippen LogP contribution in [0.2, 0.25) is 0 Å². The molecule has 0 atom stereocenters. The third kappa shape index (κ3) is 8.86. The largest absolute Gasteiger partial charge is 0.444 e. The van der Waals surface area contributed by atoms with E-state index < -0.39 is 23.4 Å². The molecule has 0 unspecified atom stereocenters. The van der Waals surface area contributed by atoms with Crippen LogP contribution >= 0.6 is 0 Å². The minimum atomic E-state index is -0.751. The molecule has 8 heteroatoms. The number of alkyl carbamates (subject to hydrolysis) is 2. The Hall–Kier alpha value is -3.42. The number of nitrogens with zero attached hydrogens (tertiary/aromatic N) is 2. The maximum atomic E-state index is 12.2. The van der Waals surface area contributed by atoms with E-state index in [9.17, 15) is 9.59 Å². The van der Waals surface area contributed by atoms with Gasteiger partial charge >= 0.3 is 12.2 Å². The number of aliphatic imine (C=N–C) groups is 1. The van der Waals surface area contributed by atoms with Crippen molar-refractivity contribution in [2.45, 2.75) is 59.7 Å². The lowest BCUT2D eigenvalue weighted by Gasteiger charge is -2.22. The molecule has 1 aromatic carbocycles. The molecule has 0 radical (unpaired) electrons. The van der Waals surface area contributed by atoms with Crippen LogP contribution in [0.3, 0.4) is 0 Å². The Bertz CT molecular complexity index is 940. The molecule has 1 heterocycles. The molecule has 0 spiro atoms. The summed E-state index contributed by atoms with van der Waals surface area (Å²) in [6.07, 6.45) is 0.234. The number of guanidine groups is 1. The van der Waals surface area contributed by atoms with E-state index in [1.807, 2.05) is 31.2 Å². The monoisotopic (exact) mass is 426 g/mol. The zero-order valence-electron chi connectivity index (χ0n) is 19.1. The molecule has 166 valence electrons. The first-order chi connectivity index (χ1) is 14.3. The number of ether oxygens (including phenoxy) is 2. The van der Waals surface area contributed by atoms with E-state index in [-0.39, 0.29) is 5.96 Å². The highest BCUT2D eigenvalue weighted by atomic mass is 16.6. The SMILES string of the molecule is Cc1ccnc(-c2cccc(N=C(NC(=O)OC(C)(C)C)NC(=O)OC(C)(C)C)c2)c1. The predicted molar refractivity (Wildman–Crippen MR) is 120 cm³/mol. The quantitative estimate of drug-likeness (QED) is 0.514. The smallest absolute Gasteiger partial charge is 0.414 e. The van der Waals surface area contributed by atoms with Crippen molar-refractivity contribution in [2.24, 2.45) is 4.99 Å². The highest BCUT2D eigenvalue weighted by Gasteiger charge is 2.21. The summed E-state index contributed by atoms with van der Waals surface area (Å²) in [5.74, 6) is -0.113. The maximum absolute atomic E-state index is 12.2. The van der Waals surface area contributed by atoms with Gasteiger partial charge in [0.2, 0.25) is 5.96 Å². The molecule has 2 amide bonds. The van der Waals surface area contributed by atoms with Gasteiger partial charge in [0.1, 0.15) is 11.2 Å². The fourth-order valence-electron chi connectivity index (χ4n) is 2.45. The van der Waals surface area contributed by atoms with Crippen molar-refractivity contribution in [3.8, 4) is 11.3 Å². The topological polar surface area (TPSA) is 102 Å². The summed E-state index contributed by atoms with van der Waals surface area (Å²) < 4.78 is 10.5. The van der Waals surface area contributed by atoms with Crippen molar-refractivity contribution in [2.75, 3.05) is 0 Å². The Morgan fingerprint density at radius 1 is 0.903 bits per heavy atom. The van der Waals surface area contributed by atoms with Crippen LogP contribution in [-0.2, 0) is 9.47 Å². The summed E-state index contributed by atoms with van der Waals surface area (Å²) in [6, 6.07) is 11.1. The van der Waals surface area contributed by atoms with Gasteiger partial charge in [0.05, 0.1) is 11.4 Å². The summed E-state index contributed by atoms with van der Waals surface area (Å²) in [4.78, 5) is 33.2. The number of rotatable bonds is 2. The normalized spacial score (nSPS) is 11.3. The van der Waals surface area contributed by atoms with Crippen molar-refractivity contribution >= 4 is 23.8 Å². The van der Waals surface area contributed by atoms with Gasteiger partial charge in [-0.15, -0.1) is 0 Å². The molecule has 0 fully saturated rings. The summed E-state index contributed by atoms with van der Waals surface area (Å²) in [5, 5.41) is 4.94. The van der Waals surface area contributed by atoms with Gasteiger partial charge in [-0.05, 0) is 78.3 Å². The lowest BCUT2D eigenvalue weighted by Crippen LogP contribution is -2.47. The molecule has 1 aromatic heterocycles. The highest BCUT2D eigenvalue weighted by molar-refractivity contribution is 6.02. The number of carbonyl (C=O) groups excluding carboxylic acids is 2. The van der Waals surface area contributed by atoms with Gasteiger partial charge in [0.25, 0.3) is 0 Å². The Morgan fingerprint density at radius 3 is 2.00 bits per heavy atom. The Kier molecular flexibility index (Phi) is 7.38. The van der Waals surface area contributed by atoms with E-state index in [1.54, 1.807) is 59.9 Å². The first-order valence-corrected chi connectivity index (χ1v) is 9.92. The van der Waals surface area contributed by atoms with Gasteiger partial charge in [0, 0.05) is 11.8 Å². The van der Waals surface area contributed by atoms with E-state index in [0.717, 1.165) is 16.8 Å². The molecule has 0 saturated heterocycles. The number of aryl methyl sites for hydroxylation is 1. The summed E-state index contributed by atoms with van der Waals surface area (Å²) in [6.45, 7) is 12.4. The minimum Gasteiger partial charge on any atom is -0.444 e. The van der Waals surface area contributed by atoms with Crippen molar-refractivity contribution in [1.29, 1.82) is 0 Å². The van der Waals surface area contributed by atoms with Gasteiger partial charge < -0.3 is 9.47 Å². The van der Waals surface area contributed by atoms with Crippen LogP contribution in [0.25, 0.3) is 11.3 Å². The second-order valence-electron chi connectivity index (χ2n) is 8.98. The van der Waals surface area contributed by atoms with Crippen molar-refractivity contribution in [3.63, 3.8) is 0 Å². The molecular formula is C23H30N4O4. The zero-order chi connectivity index (χ0) is 23.2.